The van der Waals surface area contributed by atoms with Crippen molar-refractivity contribution in [3.63, 3.8) is 0 Å². The molecule has 2 heterocycles. The molecule has 19 heavy (non-hydrogen) atoms. The molecule has 0 aliphatic heterocycles. The summed E-state index contributed by atoms with van der Waals surface area (Å²) < 4.78 is 0. The lowest BCUT2D eigenvalue weighted by Crippen LogP contribution is -2.09. The number of H-pyrrole nitrogens is 1. The van der Waals surface area contributed by atoms with Gasteiger partial charge in [-0.05, 0) is 11.8 Å². The number of nitrogens with two attached hydrogens (primary N) is 1. The van der Waals surface area contributed by atoms with Crippen molar-refractivity contribution >= 4 is 34.9 Å². The van der Waals surface area contributed by atoms with Gasteiger partial charge >= 0.3 is 5.69 Å². The van der Waals surface area contributed by atoms with Crippen molar-refractivity contribution in [1.29, 1.82) is 0 Å². The molecule has 98 valence electrons. The van der Waals surface area contributed by atoms with E-state index in [1.165, 1.54) is 0 Å². The first-order valence-corrected chi connectivity index (χ1v) is 5.86. The summed E-state index contributed by atoms with van der Waals surface area (Å²) in [4.78, 5) is 34.8. The van der Waals surface area contributed by atoms with Crippen LogP contribution in [-0.4, -0.2) is 24.9 Å². The first-order chi connectivity index (χ1) is 8.97. The summed E-state index contributed by atoms with van der Waals surface area (Å²) in [5.74, 6) is -0.00550. The fraction of sp³-hybridized carbons (Fsp3) is 0. The Kier molecular flexibility index (Phi) is 3.62. The van der Waals surface area contributed by atoms with Crippen molar-refractivity contribution in [2.24, 2.45) is 0 Å². The average molecular weight is 301 g/mol. The van der Waals surface area contributed by atoms with Gasteiger partial charge in [0.1, 0.15) is 12.1 Å². The summed E-state index contributed by atoms with van der Waals surface area (Å²) in [7, 11) is 0. The van der Waals surface area contributed by atoms with Crippen LogP contribution < -0.4 is 11.3 Å². The number of nitrogens with zero attached hydrogens (tertiary/aromatic N) is 4. The van der Waals surface area contributed by atoms with Crippen LogP contribution in [0.3, 0.4) is 0 Å². The van der Waals surface area contributed by atoms with Gasteiger partial charge in [-0.15, -0.1) is 0 Å². The molecule has 0 aliphatic carbocycles. The fourth-order valence-electron chi connectivity index (χ4n) is 1.16. The van der Waals surface area contributed by atoms with E-state index in [0.717, 1.165) is 24.2 Å². The molecule has 2 rings (SSSR count). The smallest absolute Gasteiger partial charge is 0.338 e. The van der Waals surface area contributed by atoms with Gasteiger partial charge in [0.2, 0.25) is 5.15 Å². The number of nitrogens with one attached hydrogen (secondary N) is 1. The lowest BCUT2D eigenvalue weighted by Gasteiger charge is -2.02. The van der Waals surface area contributed by atoms with Crippen LogP contribution in [0.5, 0.6) is 0 Å². The third-order valence-corrected chi connectivity index (χ3v) is 3.02. The molecule has 0 amide bonds. The van der Waals surface area contributed by atoms with Crippen molar-refractivity contribution < 1.29 is 4.92 Å². The normalized spacial score (nSPS) is 10.4. The maximum atomic E-state index is 11.2. The summed E-state index contributed by atoms with van der Waals surface area (Å²) in [6.07, 6.45) is 1.07. The summed E-state index contributed by atoms with van der Waals surface area (Å²) in [5, 5.41) is 10.6. The number of hydrogen-bond donors (Lipinski definition) is 2. The molecule has 0 saturated carbocycles. The van der Waals surface area contributed by atoms with E-state index in [0.29, 0.717) is 0 Å². The second kappa shape index (κ2) is 5.20. The van der Waals surface area contributed by atoms with Crippen molar-refractivity contribution in [1.82, 2.24) is 19.9 Å². The summed E-state index contributed by atoms with van der Waals surface area (Å²) >= 11 is 6.39. The Bertz CT molecular complexity index is 705. The lowest BCUT2D eigenvalue weighted by atomic mass is 10.5. The topological polar surface area (TPSA) is 141 Å². The summed E-state index contributed by atoms with van der Waals surface area (Å²) in [6.45, 7) is 0. The van der Waals surface area contributed by atoms with Gasteiger partial charge in [-0.1, -0.05) is 11.6 Å². The maximum absolute atomic E-state index is 11.2. The Morgan fingerprint density at radius 1 is 1.47 bits per heavy atom. The molecule has 9 nitrogen and oxygen atoms in total. The number of nitrogen functional groups attached to an aromatic ring is 1. The van der Waals surface area contributed by atoms with Crippen LogP contribution in [-0.2, 0) is 0 Å². The van der Waals surface area contributed by atoms with Crippen LogP contribution in [0, 0.1) is 10.1 Å². The van der Waals surface area contributed by atoms with E-state index in [2.05, 4.69) is 19.9 Å². The quantitative estimate of drug-likeness (QED) is 0.368. The van der Waals surface area contributed by atoms with Gasteiger partial charge in [-0.25, -0.2) is 15.0 Å². The van der Waals surface area contributed by atoms with E-state index in [4.69, 9.17) is 17.3 Å². The third-order valence-electron chi connectivity index (χ3n) is 1.86. The van der Waals surface area contributed by atoms with Crippen LogP contribution in [0.2, 0.25) is 5.15 Å². The molecule has 0 fully saturated rings. The highest BCUT2D eigenvalue weighted by Gasteiger charge is 2.23. The highest BCUT2D eigenvalue weighted by Crippen LogP contribution is 2.34. The Morgan fingerprint density at radius 2 is 2.21 bits per heavy atom. The third kappa shape index (κ3) is 2.98. The van der Waals surface area contributed by atoms with Crippen molar-refractivity contribution in [3.05, 3.63) is 38.0 Å². The molecule has 0 aromatic carbocycles. The lowest BCUT2D eigenvalue weighted by molar-refractivity contribution is -0.388. The van der Waals surface area contributed by atoms with E-state index in [-0.39, 0.29) is 21.2 Å². The molecule has 2 aromatic rings. The zero-order valence-corrected chi connectivity index (χ0v) is 10.6. The number of nitro groups is 1. The minimum Gasteiger partial charge on any atom is -0.383 e. The molecule has 2 aromatic heterocycles. The number of halogens is 1. The van der Waals surface area contributed by atoms with Crippen LogP contribution >= 0.6 is 23.4 Å². The number of rotatable bonds is 3. The van der Waals surface area contributed by atoms with E-state index in [1.54, 1.807) is 0 Å². The standard InChI is InChI=1S/C8H5ClN6O3S/c9-6-5(15(17)18)7(12-2-11-6)19-8-13-3(10)1-4(16)14-8/h1-2H,(H3,10,13,14,16). The molecule has 0 atom stereocenters. The number of aromatic nitrogens is 4. The van der Waals surface area contributed by atoms with Gasteiger partial charge in [0.05, 0.1) is 4.92 Å². The van der Waals surface area contributed by atoms with E-state index in [1.807, 2.05) is 0 Å². The number of aromatic amines is 1. The van der Waals surface area contributed by atoms with Crippen LogP contribution in [0.1, 0.15) is 0 Å². The first kappa shape index (κ1) is 13.2. The van der Waals surface area contributed by atoms with Crippen molar-refractivity contribution in [2.45, 2.75) is 10.2 Å². The highest BCUT2D eigenvalue weighted by atomic mass is 35.5. The van der Waals surface area contributed by atoms with E-state index < -0.39 is 16.2 Å². The van der Waals surface area contributed by atoms with E-state index >= 15 is 0 Å². The fourth-order valence-corrected chi connectivity index (χ4v) is 2.28. The minimum atomic E-state index is -0.713. The van der Waals surface area contributed by atoms with Gasteiger partial charge in [-0.2, -0.15) is 0 Å². The zero-order chi connectivity index (χ0) is 14.0. The van der Waals surface area contributed by atoms with Gasteiger partial charge in [0, 0.05) is 6.07 Å². The Morgan fingerprint density at radius 3 is 2.84 bits per heavy atom. The SMILES string of the molecule is Nc1cc(=O)[nH]c(Sc2ncnc(Cl)c2[N+](=O)[O-])n1. The maximum Gasteiger partial charge on any atom is 0.338 e. The Hall–Kier alpha value is -2.20. The van der Waals surface area contributed by atoms with Gasteiger partial charge in [0.25, 0.3) is 5.56 Å². The monoisotopic (exact) mass is 300 g/mol. The van der Waals surface area contributed by atoms with Gasteiger partial charge < -0.3 is 10.7 Å². The molecule has 0 unspecified atom stereocenters. The predicted molar refractivity (Wildman–Crippen MR) is 67.1 cm³/mol. The van der Waals surface area contributed by atoms with Crippen molar-refractivity contribution in [2.75, 3.05) is 5.73 Å². The molecule has 0 aliphatic rings. The summed E-state index contributed by atoms with van der Waals surface area (Å²) in [5.41, 5.74) is 4.47. The molecule has 3 N–H and O–H groups in total. The second-order valence-corrected chi connectivity index (χ2v) is 4.49. The predicted octanol–water partition coefficient (Wildman–Crippen LogP) is 0.855. The highest BCUT2D eigenvalue weighted by molar-refractivity contribution is 7.99. The second-order valence-electron chi connectivity index (χ2n) is 3.15. The first-order valence-electron chi connectivity index (χ1n) is 4.67. The van der Waals surface area contributed by atoms with Crippen LogP contribution in [0.15, 0.2) is 27.4 Å². The van der Waals surface area contributed by atoms with Gasteiger partial charge in [-0.3, -0.25) is 14.9 Å². The Balaban J connectivity index is 2.46. The van der Waals surface area contributed by atoms with Crippen molar-refractivity contribution in [3.8, 4) is 0 Å². The molecule has 0 saturated heterocycles. The minimum absolute atomic E-state index is 0.00550. The molecule has 0 bridgehead atoms. The molecular weight excluding hydrogens is 296 g/mol. The largest absolute Gasteiger partial charge is 0.383 e. The van der Waals surface area contributed by atoms with Crippen LogP contribution in [0.25, 0.3) is 0 Å². The van der Waals surface area contributed by atoms with Crippen LogP contribution in [0.4, 0.5) is 11.5 Å². The van der Waals surface area contributed by atoms with E-state index in [9.17, 15) is 14.9 Å². The molecule has 0 spiro atoms. The Labute approximate surface area is 114 Å². The summed E-state index contributed by atoms with van der Waals surface area (Å²) in [6, 6.07) is 1.09. The van der Waals surface area contributed by atoms with Gasteiger partial charge in [0.15, 0.2) is 10.2 Å². The molecular formula is C8H5ClN6O3S. The molecule has 11 heteroatoms. The zero-order valence-electron chi connectivity index (χ0n) is 9.03. The number of anilines is 1. The average Bonchev–Trinajstić information content (AvgIpc) is 2.26. The molecule has 0 radical (unpaired) electrons. The number of hydrogen-bond acceptors (Lipinski definition) is 8.